The molecule has 0 aliphatic carbocycles. The fourth-order valence-corrected chi connectivity index (χ4v) is 5.80. The highest BCUT2D eigenvalue weighted by Gasteiger charge is 2.27. The smallest absolute Gasteiger partial charge is 0.407 e. The second kappa shape index (κ2) is 9.51. The van der Waals surface area contributed by atoms with Crippen molar-refractivity contribution in [1.82, 2.24) is 20.3 Å². The van der Waals surface area contributed by atoms with Gasteiger partial charge in [0.15, 0.2) is 0 Å². The number of amides is 1. The normalized spacial score (nSPS) is 18.8. The number of carbonyl (C=O) groups excluding carboxylic acids is 1. The lowest BCUT2D eigenvalue weighted by molar-refractivity contribution is 0.113. The molecule has 186 valence electrons. The van der Waals surface area contributed by atoms with E-state index in [4.69, 9.17) is 23.9 Å². The second-order valence-corrected chi connectivity index (χ2v) is 10.2. The van der Waals surface area contributed by atoms with E-state index < -0.39 is 6.09 Å². The van der Waals surface area contributed by atoms with E-state index in [1.54, 1.807) is 24.6 Å². The third-order valence-corrected chi connectivity index (χ3v) is 7.66. The molecule has 0 radical (unpaired) electrons. The summed E-state index contributed by atoms with van der Waals surface area (Å²) in [5.41, 5.74) is 5.62. The summed E-state index contributed by atoms with van der Waals surface area (Å²) in [7, 11) is 1.58. The zero-order chi connectivity index (χ0) is 24.6. The average Bonchev–Trinajstić information content (AvgIpc) is 3.64. The van der Waals surface area contributed by atoms with Crippen LogP contribution in [0.5, 0.6) is 11.6 Å². The van der Waals surface area contributed by atoms with Crippen molar-refractivity contribution in [2.24, 2.45) is 5.92 Å². The highest BCUT2D eigenvalue weighted by atomic mass is 32.1. The van der Waals surface area contributed by atoms with Crippen molar-refractivity contribution in [3.05, 3.63) is 41.6 Å². The van der Waals surface area contributed by atoms with Gasteiger partial charge in [0, 0.05) is 30.1 Å². The minimum absolute atomic E-state index is 0.156. The number of aryl methyl sites for hydroxylation is 1. The first-order valence-electron chi connectivity index (χ1n) is 12.0. The molecule has 1 saturated heterocycles. The van der Waals surface area contributed by atoms with Gasteiger partial charge in [-0.25, -0.2) is 19.7 Å². The van der Waals surface area contributed by atoms with Gasteiger partial charge in [0.1, 0.15) is 16.9 Å². The number of alkyl carbamates (subject to hydrolysis) is 1. The number of benzene rings is 2. The van der Waals surface area contributed by atoms with Crippen molar-refractivity contribution in [3.8, 4) is 22.2 Å². The van der Waals surface area contributed by atoms with Crippen molar-refractivity contribution in [2.45, 2.75) is 25.9 Å². The van der Waals surface area contributed by atoms with E-state index in [-0.39, 0.29) is 12.0 Å². The maximum absolute atomic E-state index is 12.1. The molecule has 1 amide bonds. The Morgan fingerprint density at radius 1 is 1.25 bits per heavy atom. The van der Waals surface area contributed by atoms with Crippen LogP contribution in [0.2, 0.25) is 0 Å². The summed E-state index contributed by atoms with van der Waals surface area (Å²) in [5, 5.41) is 3.72. The van der Waals surface area contributed by atoms with Crippen LogP contribution in [0.1, 0.15) is 17.5 Å². The largest absolute Gasteiger partial charge is 0.488 e. The van der Waals surface area contributed by atoms with Crippen molar-refractivity contribution >= 4 is 38.7 Å². The van der Waals surface area contributed by atoms with Crippen LogP contribution in [-0.4, -0.2) is 60.6 Å². The third kappa shape index (κ3) is 4.42. The molecule has 36 heavy (non-hydrogen) atoms. The van der Waals surface area contributed by atoms with Gasteiger partial charge in [-0.05, 0) is 43.2 Å². The summed E-state index contributed by atoms with van der Waals surface area (Å²) < 4.78 is 23.1. The van der Waals surface area contributed by atoms with Crippen LogP contribution in [-0.2, 0) is 15.9 Å². The molecule has 0 spiro atoms. The van der Waals surface area contributed by atoms with E-state index in [1.807, 2.05) is 25.1 Å². The van der Waals surface area contributed by atoms with Crippen LogP contribution in [0.15, 0.2) is 30.5 Å². The topological polar surface area (TPSA) is 105 Å². The Bertz CT molecular complexity index is 1450. The minimum atomic E-state index is -0.421. The number of fused-ring (bicyclic) bond motifs is 4. The van der Waals surface area contributed by atoms with Gasteiger partial charge < -0.3 is 24.3 Å². The molecule has 1 fully saturated rings. The molecule has 2 aliphatic rings. The first-order valence-corrected chi connectivity index (χ1v) is 12.8. The molecule has 4 aromatic rings. The van der Waals surface area contributed by atoms with Crippen LogP contribution < -0.4 is 14.8 Å². The molecule has 10 heteroatoms. The molecule has 2 unspecified atom stereocenters. The van der Waals surface area contributed by atoms with Crippen LogP contribution in [0, 0.1) is 12.8 Å². The molecule has 2 atom stereocenters. The van der Waals surface area contributed by atoms with E-state index >= 15 is 0 Å². The Labute approximate surface area is 211 Å². The predicted molar refractivity (Wildman–Crippen MR) is 136 cm³/mol. The lowest BCUT2D eigenvalue weighted by Crippen LogP contribution is -2.35. The average molecular weight is 507 g/mol. The van der Waals surface area contributed by atoms with Gasteiger partial charge in [-0.15, -0.1) is 11.3 Å². The zero-order valence-electron chi connectivity index (χ0n) is 20.1. The third-order valence-electron chi connectivity index (χ3n) is 6.50. The lowest BCUT2D eigenvalue weighted by atomic mass is 10.1. The number of nitrogens with one attached hydrogen (secondary N) is 1. The van der Waals surface area contributed by atoms with Crippen molar-refractivity contribution in [1.29, 1.82) is 0 Å². The Hall–Kier alpha value is -3.50. The van der Waals surface area contributed by atoms with Gasteiger partial charge in [0.05, 0.1) is 54.3 Å². The van der Waals surface area contributed by atoms with Crippen molar-refractivity contribution in [2.75, 3.05) is 33.5 Å². The SMILES string of the molecule is COc1cnc2c(-c3nc4ccc5c(c4s3)CC(CNC(=O)OCC3CCOC3)O5)cc(C)cc2n1. The van der Waals surface area contributed by atoms with E-state index in [0.717, 1.165) is 61.7 Å². The summed E-state index contributed by atoms with van der Waals surface area (Å²) in [6.07, 6.45) is 2.67. The summed E-state index contributed by atoms with van der Waals surface area (Å²) in [6.45, 7) is 4.18. The maximum atomic E-state index is 12.1. The van der Waals surface area contributed by atoms with Crippen molar-refractivity contribution in [3.63, 3.8) is 0 Å². The van der Waals surface area contributed by atoms with E-state index in [1.165, 1.54) is 0 Å². The Morgan fingerprint density at radius 3 is 3.00 bits per heavy atom. The summed E-state index contributed by atoms with van der Waals surface area (Å²) in [4.78, 5) is 26.2. The van der Waals surface area contributed by atoms with Gasteiger partial charge in [-0.1, -0.05) is 0 Å². The molecule has 0 bridgehead atoms. The molecule has 2 aromatic heterocycles. The van der Waals surface area contributed by atoms with Gasteiger partial charge in [0.25, 0.3) is 0 Å². The Kier molecular flexibility index (Phi) is 6.06. The Morgan fingerprint density at radius 2 is 2.17 bits per heavy atom. The fraction of sp³-hybridized carbons (Fsp3) is 0.385. The molecule has 0 saturated carbocycles. The number of nitrogens with zero attached hydrogens (tertiary/aromatic N) is 3. The summed E-state index contributed by atoms with van der Waals surface area (Å²) in [6, 6.07) is 8.03. The number of aromatic nitrogens is 3. The van der Waals surface area contributed by atoms with Gasteiger partial charge in [-0.2, -0.15) is 0 Å². The number of rotatable bonds is 6. The fourth-order valence-electron chi connectivity index (χ4n) is 4.68. The summed E-state index contributed by atoms with van der Waals surface area (Å²) >= 11 is 1.62. The zero-order valence-corrected chi connectivity index (χ0v) is 20.9. The van der Waals surface area contributed by atoms with Gasteiger partial charge in [-0.3, -0.25) is 0 Å². The monoisotopic (exact) mass is 506 g/mol. The van der Waals surface area contributed by atoms with E-state index in [0.29, 0.717) is 32.1 Å². The molecular formula is C26H26N4O5S. The maximum Gasteiger partial charge on any atom is 0.407 e. The first-order chi connectivity index (χ1) is 17.6. The van der Waals surface area contributed by atoms with Crippen LogP contribution in [0.25, 0.3) is 31.8 Å². The van der Waals surface area contributed by atoms with E-state index in [2.05, 4.69) is 21.4 Å². The van der Waals surface area contributed by atoms with Crippen LogP contribution in [0.3, 0.4) is 0 Å². The molecule has 4 heterocycles. The predicted octanol–water partition coefficient (Wildman–Crippen LogP) is 4.29. The van der Waals surface area contributed by atoms with Gasteiger partial charge >= 0.3 is 6.09 Å². The first kappa shape index (κ1) is 22.9. The number of hydrogen-bond acceptors (Lipinski definition) is 9. The second-order valence-electron chi connectivity index (χ2n) is 9.16. The minimum Gasteiger partial charge on any atom is -0.488 e. The standard InChI is InChI=1S/C26H26N4O5S/c1-14-7-18(23-20(8-14)29-22(32-2)11-27-23)25-30-19-3-4-21-17(24(19)36-25)9-16(35-21)10-28-26(31)34-13-15-5-6-33-12-15/h3-4,7-8,11,15-16H,5-6,9-10,12-13H2,1-2H3,(H,28,31). The molecule has 1 N–H and O–H groups in total. The molecule has 2 aromatic carbocycles. The lowest BCUT2D eigenvalue weighted by Gasteiger charge is -2.13. The van der Waals surface area contributed by atoms with Gasteiger partial charge in [0.2, 0.25) is 5.88 Å². The van der Waals surface area contributed by atoms with Crippen LogP contribution >= 0.6 is 11.3 Å². The van der Waals surface area contributed by atoms with Crippen molar-refractivity contribution < 1.29 is 23.7 Å². The Balaban J connectivity index is 1.20. The number of carbonyl (C=O) groups is 1. The molecule has 9 nitrogen and oxygen atoms in total. The van der Waals surface area contributed by atoms with Crippen LogP contribution in [0.4, 0.5) is 4.79 Å². The number of hydrogen-bond donors (Lipinski definition) is 1. The summed E-state index contributed by atoms with van der Waals surface area (Å²) in [5.74, 6) is 1.60. The van der Waals surface area contributed by atoms with E-state index in [9.17, 15) is 4.79 Å². The number of ether oxygens (including phenoxy) is 4. The molecule has 2 aliphatic heterocycles. The molecule has 6 rings (SSSR count). The quantitative estimate of drug-likeness (QED) is 0.413. The highest BCUT2D eigenvalue weighted by molar-refractivity contribution is 7.22. The highest BCUT2D eigenvalue weighted by Crippen LogP contribution is 2.41. The number of methoxy groups -OCH3 is 1. The molecular weight excluding hydrogens is 480 g/mol. The number of thiazole rings is 1.